The van der Waals surface area contributed by atoms with E-state index in [0.717, 1.165) is 0 Å². The lowest BCUT2D eigenvalue weighted by Crippen LogP contribution is -1.89. The summed E-state index contributed by atoms with van der Waals surface area (Å²) in [7, 11) is 0. The highest BCUT2D eigenvalue weighted by atomic mass is 19.3. The molecule has 0 unspecified atom stereocenters. The fraction of sp³-hybridized carbons (Fsp3) is 0.0714. The average Bonchev–Trinajstić information content (AvgIpc) is 2.39. The maximum Gasteiger partial charge on any atom is 0.263 e. The maximum atomic E-state index is 13.6. The number of halogens is 3. The molecule has 18 heavy (non-hydrogen) atoms. The van der Waals surface area contributed by atoms with E-state index in [1.165, 1.54) is 42.5 Å². The monoisotopic (exact) mass is 250 g/mol. The third-order valence-corrected chi connectivity index (χ3v) is 2.60. The Morgan fingerprint density at radius 1 is 1.00 bits per heavy atom. The third-order valence-electron chi connectivity index (χ3n) is 2.60. The van der Waals surface area contributed by atoms with E-state index in [-0.39, 0.29) is 11.1 Å². The van der Waals surface area contributed by atoms with Gasteiger partial charge in [0.1, 0.15) is 12.1 Å². The summed E-state index contributed by atoms with van der Waals surface area (Å²) in [5.41, 5.74) is 0.899. The molecular formula is C14H9F3O. The number of hydrogen-bond acceptors (Lipinski definition) is 1. The maximum absolute atomic E-state index is 13.6. The first-order chi connectivity index (χ1) is 8.61. The summed E-state index contributed by atoms with van der Waals surface area (Å²) < 4.78 is 38.3. The molecule has 2 rings (SSSR count). The molecule has 0 atom stereocenters. The van der Waals surface area contributed by atoms with Gasteiger partial charge in [0, 0.05) is 16.7 Å². The Bertz CT molecular complexity index is 562. The lowest BCUT2D eigenvalue weighted by Gasteiger charge is -2.06. The number of carbonyl (C=O) groups is 1. The molecule has 92 valence electrons. The topological polar surface area (TPSA) is 17.1 Å². The van der Waals surface area contributed by atoms with Gasteiger partial charge in [-0.3, -0.25) is 4.79 Å². The van der Waals surface area contributed by atoms with Crippen LogP contribution in [-0.2, 0) is 0 Å². The Morgan fingerprint density at radius 3 is 2.22 bits per heavy atom. The fourth-order valence-electron chi connectivity index (χ4n) is 1.65. The molecule has 0 radical (unpaired) electrons. The molecule has 0 aliphatic carbocycles. The van der Waals surface area contributed by atoms with Crippen LogP contribution >= 0.6 is 0 Å². The zero-order chi connectivity index (χ0) is 13.1. The highest BCUT2D eigenvalue weighted by Crippen LogP contribution is 2.26. The van der Waals surface area contributed by atoms with Crippen molar-refractivity contribution in [1.29, 1.82) is 0 Å². The zero-order valence-electron chi connectivity index (χ0n) is 9.24. The van der Waals surface area contributed by atoms with E-state index in [4.69, 9.17) is 0 Å². The summed E-state index contributed by atoms with van der Waals surface area (Å²) in [4.78, 5) is 10.6. The molecular weight excluding hydrogens is 241 g/mol. The van der Waals surface area contributed by atoms with Gasteiger partial charge in [-0.05, 0) is 23.8 Å². The van der Waals surface area contributed by atoms with Gasteiger partial charge in [-0.1, -0.05) is 24.3 Å². The zero-order valence-corrected chi connectivity index (χ0v) is 9.24. The van der Waals surface area contributed by atoms with Crippen LogP contribution in [-0.4, -0.2) is 6.29 Å². The average molecular weight is 250 g/mol. The van der Waals surface area contributed by atoms with Crippen LogP contribution in [0.15, 0.2) is 42.5 Å². The molecule has 0 saturated heterocycles. The first-order valence-corrected chi connectivity index (χ1v) is 5.25. The van der Waals surface area contributed by atoms with Crippen molar-refractivity contribution < 1.29 is 18.0 Å². The minimum Gasteiger partial charge on any atom is -0.298 e. The standard InChI is InChI=1S/C14H9F3O/c15-13-6-1-9(8-18)7-12(13)10-2-4-11(5-3-10)14(16)17/h1-8,14H. The molecule has 0 spiro atoms. The second-order valence-corrected chi connectivity index (χ2v) is 3.78. The van der Waals surface area contributed by atoms with E-state index in [1.807, 2.05) is 0 Å². The fourth-order valence-corrected chi connectivity index (χ4v) is 1.65. The molecule has 0 aromatic heterocycles. The molecule has 0 aliphatic rings. The van der Waals surface area contributed by atoms with E-state index in [9.17, 15) is 18.0 Å². The number of rotatable bonds is 3. The molecule has 1 nitrogen and oxygen atoms in total. The quantitative estimate of drug-likeness (QED) is 0.744. The highest BCUT2D eigenvalue weighted by Gasteiger charge is 2.09. The number of benzene rings is 2. The van der Waals surface area contributed by atoms with Crippen LogP contribution in [0.5, 0.6) is 0 Å². The van der Waals surface area contributed by atoms with Gasteiger partial charge in [0.05, 0.1) is 0 Å². The molecule has 2 aromatic carbocycles. The van der Waals surface area contributed by atoms with Crippen molar-refractivity contribution in [3.63, 3.8) is 0 Å². The van der Waals surface area contributed by atoms with Crippen molar-refractivity contribution in [1.82, 2.24) is 0 Å². The van der Waals surface area contributed by atoms with Crippen LogP contribution in [0.1, 0.15) is 22.3 Å². The van der Waals surface area contributed by atoms with Crippen molar-refractivity contribution in [2.75, 3.05) is 0 Å². The van der Waals surface area contributed by atoms with E-state index < -0.39 is 12.2 Å². The van der Waals surface area contributed by atoms with Crippen molar-refractivity contribution in [3.8, 4) is 11.1 Å². The number of carbonyl (C=O) groups excluding carboxylic acids is 1. The predicted octanol–water partition coefficient (Wildman–Crippen LogP) is 4.24. The summed E-state index contributed by atoms with van der Waals surface area (Å²) in [6.45, 7) is 0. The second kappa shape index (κ2) is 5.04. The summed E-state index contributed by atoms with van der Waals surface area (Å²) in [6.07, 6.45) is -1.94. The molecule has 0 fully saturated rings. The molecule has 0 amide bonds. The first kappa shape index (κ1) is 12.4. The molecule has 2 aromatic rings. The second-order valence-electron chi connectivity index (χ2n) is 3.78. The minimum absolute atomic E-state index is 0.120. The van der Waals surface area contributed by atoms with Crippen LogP contribution in [0, 0.1) is 5.82 Å². The molecule has 0 aliphatic heterocycles. The van der Waals surface area contributed by atoms with Crippen LogP contribution in [0.4, 0.5) is 13.2 Å². The minimum atomic E-state index is -2.55. The lowest BCUT2D eigenvalue weighted by atomic mass is 10.0. The molecule has 0 bridgehead atoms. The van der Waals surface area contributed by atoms with E-state index in [1.54, 1.807) is 0 Å². The molecule has 0 heterocycles. The number of alkyl halides is 2. The van der Waals surface area contributed by atoms with Crippen molar-refractivity contribution in [3.05, 3.63) is 59.4 Å². The van der Waals surface area contributed by atoms with Gasteiger partial charge < -0.3 is 0 Å². The van der Waals surface area contributed by atoms with Crippen molar-refractivity contribution in [2.45, 2.75) is 6.43 Å². The smallest absolute Gasteiger partial charge is 0.263 e. The summed E-state index contributed by atoms with van der Waals surface area (Å²) in [5, 5.41) is 0. The Labute approximate surface area is 102 Å². The van der Waals surface area contributed by atoms with Crippen molar-refractivity contribution in [2.24, 2.45) is 0 Å². The van der Waals surface area contributed by atoms with Gasteiger partial charge in [0.25, 0.3) is 6.43 Å². The Balaban J connectivity index is 2.44. The molecule has 0 N–H and O–H groups in total. The van der Waals surface area contributed by atoms with Crippen LogP contribution < -0.4 is 0 Å². The van der Waals surface area contributed by atoms with Gasteiger partial charge in [0.2, 0.25) is 0 Å². The van der Waals surface area contributed by atoms with Crippen LogP contribution in [0.25, 0.3) is 11.1 Å². The van der Waals surface area contributed by atoms with Crippen LogP contribution in [0.3, 0.4) is 0 Å². The Kier molecular flexibility index (Phi) is 3.46. The van der Waals surface area contributed by atoms with Gasteiger partial charge in [-0.2, -0.15) is 0 Å². The first-order valence-electron chi connectivity index (χ1n) is 5.25. The van der Waals surface area contributed by atoms with Gasteiger partial charge in [-0.15, -0.1) is 0 Å². The van der Waals surface area contributed by atoms with Crippen LogP contribution in [0.2, 0.25) is 0 Å². The summed E-state index contributed by atoms with van der Waals surface area (Å²) in [6, 6.07) is 9.24. The highest BCUT2D eigenvalue weighted by molar-refractivity contribution is 5.79. The number of hydrogen-bond donors (Lipinski definition) is 0. The lowest BCUT2D eigenvalue weighted by molar-refractivity contribution is 0.112. The van der Waals surface area contributed by atoms with E-state index in [2.05, 4.69) is 0 Å². The normalized spacial score (nSPS) is 10.7. The Morgan fingerprint density at radius 2 is 1.67 bits per heavy atom. The summed E-state index contributed by atoms with van der Waals surface area (Å²) in [5.74, 6) is -0.495. The van der Waals surface area contributed by atoms with Gasteiger partial charge in [-0.25, -0.2) is 13.2 Å². The molecule has 0 saturated carbocycles. The van der Waals surface area contributed by atoms with Gasteiger partial charge in [0.15, 0.2) is 0 Å². The predicted molar refractivity (Wildman–Crippen MR) is 62.2 cm³/mol. The van der Waals surface area contributed by atoms with E-state index in [0.29, 0.717) is 17.4 Å². The Hall–Kier alpha value is -2.10. The molecule has 4 heteroatoms. The van der Waals surface area contributed by atoms with Gasteiger partial charge >= 0.3 is 0 Å². The third kappa shape index (κ3) is 2.42. The van der Waals surface area contributed by atoms with Crippen molar-refractivity contribution >= 4 is 6.29 Å². The summed E-state index contributed by atoms with van der Waals surface area (Å²) >= 11 is 0. The SMILES string of the molecule is O=Cc1ccc(F)c(-c2ccc(C(F)F)cc2)c1. The largest absolute Gasteiger partial charge is 0.298 e. The number of aldehydes is 1. The van der Waals surface area contributed by atoms with E-state index >= 15 is 0 Å².